The minimum absolute atomic E-state index is 0.0180. The van der Waals surface area contributed by atoms with E-state index >= 15 is 0 Å². The molecule has 2 N–H and O–H groups in total. The smallest absolute Gasteiger partial charge is 0.229 e. The van der Waals surface area contributed by atoms with Crippen LogP contribution < -0.4 is 10.2 Å². The van der Waals surface area contributed by atoms with Crippen molar-refractivity contribution in [2.45, 2.75) is 26.1 Å². The summed E-state index contributed by atoms with van der Waals surface area (Å²) in [5, 5.41) is 13.1. The molecule has 1 aliphatic rings. The van der Waals surface area contributed by atoms with Crippen molar-refractivity contribution in [1.82, 2.24) is 19.9 Å². The SMILES string of the molecule is CN(Cc1ccccc1CO)c1nc(Nc2ccc(-c3cnco3)cc2)nc2c1CN(CC=O)CC2. The molecule has 2 aromatic heterocycles. The van der Waals surface area contributed by atoms with Gasteiger partial charge in [-0.05, 0) is 35.4 Å². The largest absolute Gasteiger partial charge is 0.444 e. The van der Waals surface area contributed by atoms with Gasteiger partial charge in [0.1, 0.15) is 12.1 Å². The summed E-state index contributed by atoms with van der Waals surface area (Å²) in [6, 6.07) is 15.7. The maximum absolute atomic E-state index is 11.1. The summed E-state index contributed by atoms with van der Waals surface area (Å²) in [6.45, 7) is 2.33. The van der Waals surface area contributed by atoms with Crippen molar-refractivity contribution >= 4 is 23.7 Å². The van der Waals surface area contributed by atoms with E-state index in [2.05, 4.69) is 20.1 Å². The predicted molar refractivity (Wildman–Crippen MR) is 137 cm³/mol. The highest BCUT2D eigenvalue weighted by Crippen LogP contribution is 2.30. The van der Waals surface area contributed by atoms with E-state index in [1.165, 1.54) is 6.39 Å². The number of aromatic nitrogens is 3. The highest BCUT2D eigenvalue weighted by Gasteiger charge is 2.24. The summed E-state index contributed by atoms with van der Waals surface area (Å²) in [6.07, 6.45) is 4.76. The van der Waals surface area contributed by atoms with Gasteiger partial charge in [0.25, 0.3) is 0 Å². The zero-order valence-corrected chi connectivity index (χ0v) is 20.1. The number of aliphatic hydroxyl groups is 1. The first-order chi connectivity index (χ1) is 17.6. The van der Waals surface area contributed by atoms with Crippen LogP contribution in [0.3, 0.4) is 0 Å². The highest BCUT2D eigenvalue weighted by molar-refractivity contribution is 5.64. The second kappa shape index (κ2) is 10.7. The average molecular weight is 485 g/mol. The van der Waals surface area contributed by atoms with Crippen molar-refractivity contribution < 1.29 is 14.3 Å². The molecule has 0 saturated carbocycles. The van der Waals surface area contributed by atoms with Gasteiger partial charge in [0.2, 0.25) is 5.95 Å². The van der Waals surface area contributed by atoms with Crippen molar-refractivity contribution in [1.29, 1.82) is 0 Å². The third-order valence-electron chi connectivity index (χ3n) is 6.37. The van der Waals surface area contributed by atoms with Gasteiger partial charge in [0.15, 0.2) is 12.2 Å². The number of hydrogen-bond donors (Lipinski definition) is 2. The van der Waals surface area contributed by atoms with E-state index in [0.717, 1.165) is 58.7 Å². The van der Waals surface area contributed by atoms with Crippen LogP contribution in [-0.4, -0.2) is 51.4 Å². The molecule has 0 aliphatic carbocycles. The maximum Gasteiger partial charge on any atom is 0.229 e. The fourth-order valence-corrected chi connectivity index (χ4v) is 4.49. The minimum atomic E-state index is -0.0180. The normalized spacial score (nSPS) is 13.3. The second-order valence-electron chi connectivity index (χ2n) is 8.80. The van der Waals surface area contributed by atoms with Crippen LogP contribution in [0.1, 0.15) is 22.4 Å². The molecule has 1 aliphatic heterocycles. The van der Waals surface area contributed by atoms with Crippen LogP contribution in [0.5, 0.6) is 0 Å². The average Bonchev–Trinajstić information content (AvgIpc) is 3.44. The summed E-state index contributed by atoms with van der Waals surface area (Å²) in [4.78, 5) is 29.0. The molecule has 4 aromatic rings. The highest BCUT2D eigenvalue weighted by atomic mass is 16.3. The molecule has 0 spiro atoms. The zero-order chi connectivity index (χ0) is 24.9. The molecule has 0 saturated heterocycles. The molecule has 0 unspecified atom stereocenters. The number of anilines is 3. The van der Waals surface area contributed by atoms with Gasteiger partial charge in [0, 0.05) is 49.9 Å². The summed E-state index contributed by atoms with van der Waals surface area (Å²) in [5.41, 5.74) is 5.72. The van der Waals surface area contributed by atoms with Gasteiger partial charge in [-0.25, -0.2) is 9.97 Å². The van der Waals surface area contributed by atoms with Gasteiger partial charge in [-0.2, -0.15) is 4.98 Å². The topological polar surface area (TPSA) is 108 Å². The quantitative estimate of drug-likeness (QED) is 0.345. The standard InChI is InChI=1S/C27H28N6O3/c1-32(15-20-4-2-3-5-21(20)17-35)26-23-16-33(12-13-34)11-10-24(23)30-27(31-26)29-22-8-6-19(7-9-22)25-14-28-18-36-25/h2-9,13-14,18,35H,10-12,15-17H2,1H3,(H,29,30,31). The minimum Gasteiger partial charge on any atom is -0.444 e. The second-order valence-corrected chi connectivity index (χ2v) is 8.80. The Morgan fingerprint density at radius 2 is 1.94 bits per heavy atom. The lowest BCUT2D eigenvalue weighted by atomic mass is 10.0. The van der Waals surface area contributed by atoms with Gasteiger partial charge in [-0.3, -0.25) is 4.90 Å². The van der Waals surface area contributed by atoms with Crippen LogP contribution in [0.25, 0.3) is 11.3 Å². The van der Waals surface area contributed by atoms with E-state index in [1.54, 1.807) is 6.20 Å². The lowest BCUT2D eigenvalue weighted by Crippen LogP contribution is -2.34. The molecule has 9 nitrogen and oxygen atoms in total. The lowest BCUT2D eigenvalue weighted by Gasteiger charge is -2.31. The Morgan fingerprint density at radius 1 is 1.14 bits per heavy atom. The number of nitrogens with one attached hydrogen (secondary N) is 1. The van der Waals surface area contributed by atoms with E-state index in [4.69, 9.17) is 14.4 Å². The summed E-state index contributed by atoms with van der Waals surface area (Å²) in [5.74, 6) is 2.03. The first-order valence-electron chi connectivity index (χ1n) is 11.8. The van der Waals surface area contributed by atoms with Crippen LogP contribution >= 0.6 is 0 Å². The maximum atomic E-state index is 11.1. The molecule has 9 heteroatoms. The van der Waals surface area contributed by atoms with Crippen molar-refractivity contribution in [3.63, 3.8) is 0 Å². The van der Waals surface area contributed by atoms with Crippen molar-refractivity contribution in [2.24, 2.45) is 0 Å². The molecule has 5 rings (SSSR count). The number of nitrogens with zero attached hydrogens (tertiary/aromatic N) is 5. The molecule has 0 amide bonds. The van der Waals surface area contributed by atoms with Gasteiger partial charge in [-0.1, -0.05) is 24.3 Å². The summed E-state index contributed by atoms with van der Waals surface area (Å²) < 4.78 is 5.37. The molecule has 36 heavy (non-hydrogen) atoms. The van der Waals surface area contributed by atoms with Gasteiger partial charge >= 0.3 is 0 Å². The first-order valence-corrected chi connectivity index (χ1v) is 11.8. The van der Waals surface area contributed by atoms with Gasteiger partial charge in [-0.15, -0.1) is 0 Å². The number of hydrogen-bond acceptors (Lipinski definition) is 9. The molecule has 2 aromatic carbocycles. The molecular formula is C27H28N6O3. The molecule has 3 heterocycles. The predicted octanol–water partition coefficient (Wildman–Crippen LogP) is 3.56. The molecule has 0 radical (unpaired) electrons. The summed E-state index contributed by atoms with van der Waals surface area (Å²) >= 11 is 0. The fourth-order valence-electron chi connectivity index (χ4n) is 4.49. The van der Waals surface area contributed by atoms with Crippen molar-refractivity contribution in [3.05, 3.63) is 83.5 Å². The van der Waals surface area contributed by atoms with Crippen LogP contribution in [0, 0.1) is 0 Å². The number of fused-ring (bicyclic) bond motifs is 1. The summed E-state index contributed by atoms with van der Waals surface area (Å²) in [7, 11) is 1.99. The fraction of sp³-hybridized carbons (Fsp3) is 0.259. The van der Waals surface area contributed by atoms with Crippen LogP contribution in [0.4, 0.5) is 17.5 Å². The monoisotopic (exact) mass is 484 g/mol. The number of aldehydes is 1. The number of benzene rings is 2. The van der Waals surface area contributed by atoms with Gasteiger partial charge < -0.3 is 24.5 Å². The van der Waals surface area contributed by atoms with E-state index in [-0.39, 0.29) is 6.61 Å². The molecular weight excluding hydrogens is 456 g/mol. The third-order valence-corrected chi connectivity index (χ3v) is 6.37. The van der Waals surface area contributed by atoms with E-state index in [1.807, 2.05) is 55.6 Å². The Labute approximate surface area is 209 Å². The Bertz CT molecular complexity index is 1320. The Hall–Kier alpha value is -4.08. The zero-order valence-electron chi connectivity index (χ0n) is 20.1. The molecule has 184 valence electrons. The number of carbonyl (C=O) groups excluding carboxylic acids is 1. The number of carbonyl (C=O) groups is 1. The Balaban J connectivity index is 1.45. The third kappa shape index (κ3) is 5.12. The Morgan fingerprint density at radius 3 is 2.67 bits per heavy atom. The lowest BCUT2D eigenvalue weighted by molar-refractivity contribution is -0.109. The number of aliphatic hydroxyl groups excluding tert-OH is 1. The Kier molecular flexibility index (Phi) is 7.01. The van der Waals surface area contributed by atoms with E-state index in [9.17, 15) is 9.90 Å². The van der Waals surface area contributed by atoms with Crippen molar-refractivity contribution in [2.75, 3.05) is 30.4 Å². The molecule has 0 fully saturated rings. The van der Waals surface area contributed by atoms with E-state index < -0.39 is 0 Å². The van der Waals surface area contributed by atoms with Crippen LogP contribution in [0.15, 0.2) is 65.5 Å². The van der Waals surface area contributed by atoms with Gasteiger partial charge in [0.05, 0.1) is 25.0 Å². The molecule has 0 bridgehead atoms. The first kappa shape index (κ1) is 23.7. The number of rotatable bonds is 9. The van der Waals surface area contributed by atoms with Crippen LogP contribution in [0.2, 0.25) is 0 Å². The van der Waals surface area contributed by atoms with E-state index in [0.29, 0.717) is 31.3 Å². The number of oxazole rings is 1. The van der Waals surface area contributed by atoms with Crippen LogP contribution in [-0.2, 0) is 30.9 Å². The molecule has 0 atom stereocenters. The van der Waals surface area contributed by atoms with Crippen molar-refractivity contribution in [3.8, 4) is 11.3 Å².